The summed E-state index contributed by atoms with van der Waals surface area (Å²) in [4.78, 5) is 105. The number of benzene rings is 1. The molecular formula is C31H33N8O9S2+. The second-order valence-corrected chi connectivity index (χ2v) is 13.3. The van der Waals surface area contributed by atoms with Crippen LogP contribution >= 0.6 is 23.5 Å². The Morgan fingerprint density at radius 2 is 1.78 bits per heavy atom. The van der Waals surface area contributed by atoms with Crippen molar-refractivity contribution in [1.29, 1.82) is 0 Å². The molecule has 3 atom stereocenters. The second kappa shape index (κ2) is 15.0. The largest absolute Gasteiger partial charge is 0.477 e. The number of carboxylic acid groups (broad SMARTS) is 1. The van der Waals surface area contributed by atoms with Crippen molar-refractivity contribution in [2.24, 2.45) is 0 Å². The van der Waals surface area contributed by atoms with Crippen molar-refractivity contribution in [1.82, 2.24) is 30.5 Å². The van der Waals surface area contributed by atoms with Crippen molar-refractivity contribution in [2.75, 3.05) is 43.2 Å². The Kier molecular flexibility index (Phi) is 10.8. The molecule has 1 aromatic carbocycles. The van der Waals surface area contributed by atoms with Gasteiger partial charge in [-0.05, 0) is 18.1 Å². The summed E-state index contributed by atoms with van der Waals surface area (Å²) < 4.78 is 1.55. The Labute approximate surface area is 294 Å². The minimum atomic E-state index is -2.11. The third kappa shape index (κ3) is 6.48. The Bertz CT molecular complexity index is 1740. The van der Waals surface area contributed by atoms with E-state index in [9.17, 15) is 43.5 Å². The third-order valence-corrected chi connectivity index (χ3v) is 10.9. The van der Waals surface area contributed by atoms with Gasteiger partial charge in [0.05, 0.1) is 13.6 Å². The van der Waals surface area contributed by atoms with Gasteiger partial charge in [-0.15, -0.1) is 28.5 Å². The number of carboxylic acids is 1. The standard InChI is InChI=1S/C31H32N8O9S2/c1-3-35-13-14-37(27(45)26(35)44)38(19-42)23(20-7-5-4-6-8-20)25(43)33-31(32-17-40)29(48)39-24(28(46)47)21(16-50-30(31)39)15-49-22-9-11-36(12-10-22)34(2)18-41/h4-12,17-19,23,30H,3,13-16H2,1-2H3,(H2-,32,33,40,43,46,47)/p+1/t23-,30-,31-/m1/s1. The first-order valence-corrected chi connectivity index (χ1v) is 17.2. The quantitative estimate of drug-likeness (QED) is 0.0478. The number of thioether (sulfide) groups is 2. The number of hydrogen-bond acceptors (Lipinski definition) is 10. The van der Waals surface area contributed by atoms with Crippen LogP contribution in [0.2, 0.25) is 0 Å². The Morgan fingerprint density at radius 1 is 1.08 bits per heavy atom. The predicted octanol–water partition coefficient (Wildman–Crippen LogP) is -1.59. The lowest BCUT2D eigenvalue weighted by Gasteiger charge is -2.56. The Hall–Kier alpha value is -5.43. The van der Waals surface area contributed by atoms with E-state index in [1.54, 1.807) is 61.4 Å². The van der Waals surface area contributed by atoms with Gasteiger partial charge in [0.25, 0.3) is 18.2 Å². The number of hydrazine groups is 1. The van der Waals surface area contributed by atoms with Gasteiger partial charge in [0.15, 0.2) is 6.04 Å². The normalized spacial score (nSPS) is 20.7. The highest BCUT2D eigenvalue weighted by molar-refractivity contribution is 8.01. The molecule has 0 bridgehead atoms. The molecule has 5 rings (SSSR count). The zero-order valence-electron chi connectivity index (χ0n) is 26.8. The monoisotopic (exact) mass is 725 g/mol. The van der Waals surface area contributed by atoms with Crippen LogP contribution in [0.5, 0.6) is 0 Å². The van der Waals surface area contributed by atoms with Crippen LogP contribution in [0.25, 0.3) is 0 Å². The number of carbonyl (C=O) groups excluding carboxylic acids is 7. The van der Waals surface area contributed by atoms with Gasteiger partial charge in [-0.25, -0.2) is 14.8 Å². The van der Waals surface area contributed by atoms with Crippen LogP contribution in [-0.4, -0.2) is 123 Å². The van der Waals surface area contributed by atoms with Crippen LogP contribution in [-0.2, 0) is 38.4 Å². The molecule has 50 heavy (non-hydrogen) atoms. The lowest BCUT2D eigenvalue weighted by Crippen LogP contribution is -2.85. The summed E-state index contributed by atoms with van der Waals surface area (Å²) in [7, 11) is 1.57. The summed E-state index contributed by atoms with van der Waals surface area (Å²) in [6.07, 6.45) is 4.38. The zero-order valence-corrected chi connectivity index (χ0v) is 28.5. The van der Waals surface area contributed by atoms with Crippen LogP contribution < -0.4 is 20.3 Å². The molecular weight excluding hydrogens is 693 g/mol. The summed E-state index contributed by atoms with van der Waals surface area (Å²) >= 11 is 2.44. The number of hydrogen-bond donors (Lipinski definition) is 3. The number of rotatable bonds is 15. The summed E-state index contributed by atoms with van der Waals surface area (Å²) in [6, 6.07) is 9.79. The number of amides is 7. The SMILES string of the molecule is CCN1CCN(N(C=O)[C@@H](C(=O)N[C@]2(NC=O)C(=O)N3C(C(=O)O)=C(CSc4cc[n+](N(C)C=O)cc4)CS[C@@H]32)c2ccccc2)C(=O)C1=O. The molecule has 2 aromatic rings. The highest BCUT2D eigenvalue weighted by Gasteiger charge is 2.66. The molecule has 0 unspecified atom stereocenters. The number of β-lactam (4-membered cyclic amide) rings is 1. The van der Waals surface area contributed by atoms with E-state index >= 15 is 0 Å². The summed E-state index contributed by atoms with van der Waals surface area (Å²) in [6.45, 7) is 1.97. The minimum absolute atomic E-state index is 0.0942. The number of fused-ring (bicyclic) bond motifs is 1. The van der Waals surface area contributed by atoms with Crippen molar-refractivity contribution >= 4 is 72.4 Å². The van der Waals surface area contributed by atoms with Crippen molar-refractivity contribution in [3.8, 4) is 0 Å². The molecule has 19 heteroatoms. The Balaban J connectivity index is 1.42. The fourth-order valence-corrected chi connectivity index (χ4v) is 8.26. The van der Waals surface area contributed by atoms with E-state index in [0.717, 1.165) is 31.6 Å². The number of likely N-dealkylation sites (N-methyl/N-ethyl adjacent to an activating group) is 1. The molecule has 3 aliphatic heterocycles. The average Bonchev–Trinajstić information content (AvgIpc) is 3.13. The summed E-state index contributed by atoms with van der Waals surface area (Å²) in [5.74, 6) is -4.85. The molecule has 4 heterocycles. The van der Waals surface area contributed by atoms with Crippen molar-refractivity contribution in [2.45, 2.75) is 28.9 Å². The lowest BCUT2D eigenvalue weighted by atomic mass is 9.94. The van der Waals surface area contributed by atoms with Crippen molar-refractivity contribution < 1.29 is 48.1 Å². The maximum atomic E-state index is 14.2. The number of piperazine rings is 1. The van der Waals surface area contributed by atoms with Gasteiger partial charge in [-0.3, -0.25) is 38.5 Å². The van der Waals surface area contributed by atoms with Gasteiger partial charge in [0, 0.05) is 41.6 Å². The van der Waals surface area contributed by atoms with Gasteiger partial charge in [0.2, 0.25) is 30.9 Å². The van der Waals surface area contributed by atoms with E-state index in [4.69, 9.17) is 0 Å². The number of aliphatic carboxylic acids is 1. The van der Waals surface area contributed by atoms with Crippen molar-refractivity contribution in [3.05, 3.63) is 71.7 Å². The maximum Gasteiger partial charge on any atom is 0.352 e. The molecule has 3 aliphatic rings. The van der Waals surface area contributed by atoms with Gasteiger partial charge >= 0.3 is 17.8 Å². The van der Waals surface area contributed by atoms with Crippen LogP contribution in [0.4, 0.5) is 0 Å². The van der Waals surface area contributed by atoms with Crippen LogP contribution in [0.1, 0.15) is 18.5 Å². The van der Waals surface area contributed by atoms with E-state index in [0.29, 0.717) is 12.0 Å². The van der Waals surface area contributed by atoms with Gasteiger partial charge in [-0.1, -0.05) is 35.0 Å². The number of nitrogens with zero attached hydrogens (tertiary/aromatic N) is 6. The average molecular weight is 726 g/mol. The molecule has 3 N–H and O–H groups in total. The Morgan fingerprint density at radius 3 is 2.38 bits per heavy atom. The molecule has 0 saturated carbocycles. The zero-order chi connectivity index (χ0) is 36.2. The molecule has 2 saturated heterocycles. The fourth-order valence-electron chi connectivity index (χ4n) is 5.81. The van der Waals surface area contributed by atoms with Crippen LogP contribution in [0.15, 0.2) is 71.0 Å². The highest BCUT2D eigenvalue weighted by Crippen LogP contribution is 2.46. The van der Waals surface area contributed by atoms with E-state index in [-0.39, 0.29) is 55.2 Å². The maximum absolute atomic E-state index is 14.2. The molecule has 17 nitrogen and oxygen atoms in total. The van der Waals surface area contributed by atoms with Gasteiger partial charge < -0.3 is 20.6 Å². The van der Waals surface area contributed by atoms with E-state index < -0.39 is 46.7 Å². The van der Waals surface area contributed by atoms with Crippen LogP contribution in [0, 0.1) is 0 Å². The summed E-state index contributed by atoms with van der Waals surface area (Å²) in [5, 5.41) is 17.0. The highest BCUT2D eigenvalue weighted by atomic mass is 32.2. The second-order valence-electron chi connectivity index (χ2n) is 11.1. The smallest absolute Gasteiger partial charge is 0.352 e. The number of aromatic nitrogens is 1. The van der Waals surface area contributed by atoms with E-state index in [1.165, 1.54) is 33.8 Å². The topological polar surface area (TPSA) is 201 Å². The molecule has 0 radical (unpaired) electrons. The summed E-state index contributed by atoms with van der Waals surface area (Å²) in [5.41, 5.74) is -1.75. The van der Waals surface area contributed by atoms with Crippen LogP contribution in [0.3, 0.4) is 0 Å². The molecule has 0 aliphatic carbocycles. The van der Waals surface area contributed by atoms with Gasteiger partial charge in [-0.2, -0.15) is 0 Å². The molecule has 0 spiro atoms. The molecule has 7 amide bonds. The first-order chi connectivity index (χ1) is 24.0. The van der Waals surface area contributed by atoms with Gasteiger partial charge in [0.1, 0.15) is 11.1 Å². The molecule has 2 fully saturated rings. The van der Waals surface area contributed by atoms with Crippen molar-refractivity contribution in [3.63, 3.8) is 0 Å². The predicted molar refractivity (Wildman–Crippen MR) is 176 cm³/mol. The number of nitrogens with one attached hydrogen (secondary N) is 2. The number of pyridine rings is 1. The lowest BCUT2D eigenvalue weighted by molar-refractivity contribution is -0.679. The fraction of sp³-hybridized carbons (Fsp3) is 0.323. The molecule has 262 valence electrons. The van der Waals surface area contributed by atoms with E-state index in [2.05, 4.69) is 10.6 Å². The first kappa shape index (κ1) is 35.9. The number of carbonyl (C=O) groups is 8. The molecule has 1 aromatic heterocycles. The first-order valence-electron chi connectivity index (χ1n) is 15.2. The minimum Gasteiger partial charge on any atom is -0.477 e. The van der Waals surface area contributed by atoms with E-state index in [1.807, 2.05) is 0 Å². The third-order valence-electron chi connectivity index (χ3n) is 8.36.